The minimum atomic E-state index is -0.185. The zero-order valence-corrected chi connectivity index (χ0v) is 16.9. The number of carbonyl (C=O) groups is 2. The normalized spacial score (nSPS) is 10.4. The van der Waals surface area contributed by atoms with Gasteiger partial charge in [0.2, 0.25) is 11.8 Å². The SMILES string of the molecule is O=C(CCC(=O)Nc1nccs1)NCCCCSc1ccccc1Br. The smallest absolute Gasteiger partial charge is 0.226 e. The first kappa shape index (κ1) is 19.9. The quantitative estimate of drug-likeness (QED) is 0.425. The molecule has 1 aromatic carbocycles. The Bertz CT molecular complexity index is 680. The predicted molar refractivity (Wildman–Crippen MR) is 107 cm³/mol. The molecule has 0 aliphatic heterocycles. The minimum Gasteiger partial charge on any atom is -0.356 e. The number of hydrogen-bond acceptors (Lipinski definition) is 5. The molecule has 0 aliphatic rings. The molecule has 0 saturated heterocycles. The van der Waals surface area contributed by atoms with Crippen molar-refractivity contribution in [1.29, 1.82) is 0 Å². The summed E-state index contributed by atoms with van der Waals surface area (Å²) >= 11 is 6.69. The van der Waals surface area contributed by atoms with E-state index in [1.54, 1.807) is 23.3 Å². The number of benzene rings is 1. The van der Waals surface area contributed by atoms with E-state index in [0.717, 1.165) is 23.1 Å². The van der Waals surface area contributed by atoms with Crippen LogP contribution in [0.15, 0.2) is 45.2 Å². The molecule has 5 nitrogen and oxygen atoms in total. The van der Waals surface area contributed by atoms with Crippen LogP contribution in [0.2, 0.25) is 0 Å². The minimum absolute atomic E-state index is 0.0901. The van der Waals surface area contributed by atoms with Crippen LogP contribution in [0.5, 0.6) is 0 Å². The van der Waals surface area contributed by atoms with Crippen LogP contribution in [0.4, 0.5) is 5.13 Å². The van der Waals surface area contributed by atoms with Gasteiger partial charge in [-0.3, -0.25) is 9.59 Å². The molecule has 134 valence electrons. The number of rotatable bonds is 10. The average Bonchev–Trinajstić information content (AvgIpc) is 3.10. The van der Waals surface area contributed by atoms with Crippen molar-refractivity contribution in [3.63, 3.8) is 0 Å². The van der Waals surface area contributed by atoms with Crippen molar-refractivity contribution in [2.45, 2.75) is 30.6 Å². The van der Waals surface area contributed by atoms with E-state index in [0.29, 0.717) is 11.7 Å². The van der Waals surface area contributed by atoms with E-state index < -0.39 is 0 Å². The van der Waals surface area contributed by atoms with Crippen molar-refractivity contribution in [2.75, 3.05) is 17.6 Å². The Labute approximate surface area is 164 Å². The van der Waals surface area contributed by atoms with E-state index in [1.165, 1.54) is 16.2 Å². The molecule has 1 aromatic heterocycles. The van der Waals surface area contributed by atoms with Crippen molar-refractivity contribution < 1.29 is 9.59 Å². The highest BCUT2D eigenvalue weighted by atomic mass is 79.9. The van der Waals surface area contributed by atoms with Gasteiger partial charge in [-0.25, -0.2) is 4.98 Å². The molecule has 2 N–H and O–H groups in total. The summed E-state index contributed by atoms with van der Waals surface area (Å²) in [6.45, 7) is 0.642. The largest absolute Gasteiger partial charge is 0.356 e. The van der Waals surface area contributed by atoms with Crippen molar-refractivity contribution in [3.8, 4) is 0 Å². The average molecular weight is 442 g/mol. The Hall–Kier alpha value is -1.38. The molecule has 0 radical (unpaired) electrons. The molecule has 8 heteroatoms. The molecule has 2 aromatic rings. The lowest BCUT2D eigenvalue weighted by molar-refractivity contribution is -0.124. The lowest BCUT2D eigenvalue weighted by atomic mass is 10.2. The summed E-state index contributed by atoms with van der Waals surface area (Å²) < 4.78 is 1.12. The van der Waals surface area contributed by atoms with Gasteiger partial charge in [0.1, 0.15) is 0 Å². The molecule has 2 rings (SSSR count). The van der Waals surface area contributed by atoms with E-state index in [-0.39, 0.29) is 24.7 Å². The van der Waals surface area contributed by atoms with Crippen molar-refractivity contribution in [3.05, 3.63) is 40.3 Å². The number of unbranched alkanes of at least 4 members (excludes halogenated alkanes) is 1. The van der Waals surface area contributed by atoms with E-state index in [4.69, 9.17) is 0 Å². The highest BCUT2D eigenvalue weighted by Gasteiger charge is 2.08. The first-order valence-corrected chi connectivity index (χ1v) is 10.6. The van der Waals surface area contributed by atoms with Gasteiger partial charge >= 0.3 is 0 Å². The molecule has 25 heavy (non-hydrogen) atoms. The second-order valence-corrected chi connectivity index (χ2v) is 8.11. The number of halogens is 1. The fraction of sp³-hybridized carbons (Fsp3) is 0.353. The second-order valence-electron chi connectivity index (χ2n) is 5.22. The summed E-state index contributed by atoms with van der Waals surface area (Å²) in [5.41, 5.74) is 0. The number of nitrogens with one attached hydrogen (secondary N) is 2. The number of anilines is 1. The zero-order valence-electron chi connectivity index (χ0n) is 13.7. The number of amides is 2. The summed E-state index contributed by atoms with van der Waals surface area (Å²) in [4.78, 5) is 28.6. The summed E-state index contributed by atoms with van der Waals surface area (Å²) in [5, 5.41) is 7.87. The van der Waals surface area contributed by atoms with E-state index >= 15 is 0 Å². The van der Waals surface area contributed by atoms with Gasteiger partial charge in [0.25, 0.3) is 0 Å². The van der Waals surface area contributed by atoms with Crippen LogP contribution >= 0.6 is 39.0 Å². The van der Waals surface area contributed by atoms with Gasteiger partial charge in [-0.15, -0.1) is 23.1 Å². The molecule has 0 unspecified atom stereocenters. The Morgan fingerprint density at radius 3 is 2.72 bits per heavy atom. The van der Waals surface area contributed by atoms with Crippen LogP contribution in [0.1, 0.15) is 25.7 Å². The fourth-order valence-corrected chi connectivity index (χ4v) is 4.10. The first-order chi connectivity index (χ1) is 12.1. The monoisotopic (exact) mass is 441 g/mol. The number of nitrogens with zero attached hydrogens (tertiary/aromatic N) is 1. The predicted octanol–water partition coefficient (Wildman–Crippen LogP) is 4.31. The summed E-state index contributed by atoms with van der Waals surface area (Å²) in [5.74, 6) is 0.733. The van der Waals surface area contributed by atoms with Gasteiger partial charge in [0.15, 0.2) is 5.13 Å². The fourth-order valence-electron chi connectivity index (χ4n) is 1.98. The van der Waals surface area contributed by atoms with Crippen LogP contribution in [0.25, 0.3) is 0 Å². The molecule has 1 heterocycles. The van der Waals surface area contributed by atoms with Crippen molar-refractivity contribution >= 4 is 56.0 Å². The van der Waals surface area contributed by atoms with Gasteiger partial charge in [-0.1, -0.05) is 12.1 Å². The highest BCUT2D eigenvalue weighted by Crippen LogP contribution is 2.27. The van der Waals surface area contributed by atoms with Gasteiger partial charge in [-0.2, -0.15) is 0 Å². The Morgan fingerprint density at radius 1 is 1.16 bits per heavy atom. The number of hydrogen-bond donors (Lipinski definition) is 2. The molecule has 0 aliphatic carbocycles. The van der Waals surface area contributed by atoms with Crippen LogP contribution in [-0.4, -0.2) is 29.1 Å². The number of thiazole rings is 1. The van der Waals surface area contributed by atoms with Crippen LogP contribution in [0.3, 0.4) is 0 Å². The topological polar surface area (TPSA) is 71.1 Å². The lowest BCUT2D eigenvalue weighted by Gasteiger charge is -2.06. The molecule has 0 saturated carbocycles. The Kier molecular flexibility index (Phi) is 8.99. The van der Waals surface area contributed by atoms with Crippen molar-refractivity contribution in [2.24, 2.45) is 0 Å². The van der Waals surface area contributed by atoms with E-state index in [9.17, 15) is 9.59 Å². The van der Waals surface area contributed by atoms with E-state index in [1.807, 2.05) is 18.2 Å². The molecular weight excluding hydrogens is 422 g/mol. The van der Waals surface area contributed by atoms with Gasteiger partial charge in [0, 0.05) is 40.3 Å². The van der Waals surface area contributed by atoms with Gasteiger partial charge < -0.3 is 10.6 Å². The van der Waals surface area contributed by atoms with Crippen LogP contribution in [-0.2, 0) is 9.59 Å². The molecule has 0 atom stereocenters. The maximum Gasteiger partial charge on any atom is 0.226 e. The van der Waals surface area contributed by atoms with Crippen molar-refractivity contribution in [1.82, 2.24) is 10.3 Å². The van der Waals surface area contributed by atoms with Crippen LogP contribution < -0.4 is 10.6 Å². The highest BCUT2D eigenvalue weighted by molar-refractivity contribution is 9.10. The molecular formula is C17H20BrN3O2S2. The third kappa shape index (κ3) is 8.02. The maximum atomic E-state index is 11.7. The second kappa shape index (κ2) is 11.3. The zero-order chi connectivity index (χ0) is 17.9. The molecule has 2 amide bonds. The Balaban J connectivity index is 1.49. The molecule has 0 spiro atoms. The first-order valence-electron chi connectivity index (χ1n) is 7.98. The van der Waals surface area contributed by atoms with Crippen LogP contribution in [0, 0.1) is 0 Å². The summed E-state index contributed by atoms with van der Waals surface area (Å²) in [7, 11) is 0. The van der Waals surface area contributed by atoms with Gasteiger partial charge in [0.05, 0.1) is 0 Å². The number of thioether (sulfide) groups is 1. The lowest BCUT2D eigenvalue weighted by Crippen LogP contribution is -2.25. The molecule has 0 fully saturated rings. The maximum absolute atomic E-state index is 11.7. The third-order valence-corrected chi connectivity index (χ3v) is 6.05. The summed E-state index contributed by atoms with van der Waals surface area (Å²) in [6.07, 6.45) is 3.94. The Morgan fingerprint density at radius 2 is 1.96 bits per heavy atom. The number of carbonyl (C=O) groups excluding carboxylic acids is 2. The van der Waals surface area contributed by atoms with Gasteiger partial charge in [-0.05, 0) is 46.7 Å². The third-order valence-electron chi connectivity index (χ3n) is 3.25. The molecule has 0 bridgehead atoms. The standard InChI is InChI=1S/C17H20BrN3O2S2/c18-13-5-1-2-6-14(13)24-11-4-3-9-19-15(22)7-8-16(23)21-17-20-10-12-25-17/h1-2,5-6,10,12H,3-4,7-9,11H2,(H,19,22)(H,20,21,23). The van der Waals surface area contributed by atoms with E-state index in [2.05, 4.69) is 37.6 Å². The number of aromatic nitrogens is 1. The summed E-state index contributed by atoms with van der Waals surface area (Å²) in [6, 6.07) is 8.15.